The lowest BCUT2D eigenvalue weighted by Crippen LogP contribution is -2.19. The summed E-state index contributed by atoms with van der Waals surface area (Å²) in [6.45, 7) is 6.37. The summed E-state index contributed by atoms with van der Waals surface area (Å²) in [6, 6.07) is 5.92. The van der Waals surface area contributed by atoms with E-state index in [9.17, 15) is 5.11 Å². The average Bonchev–Trinajstić information content (AvgIpc) is 2.53. The van der Waals surface area contributed by atoms with Gasteiger partial charge in [-0.3, -0.25) is 0 Å². The van der Waals surface area contributed by atoms with Crippen LogP contribution in [0, 0.1) is 6.92 Å². The first-order valence-corrected chi connectivity index (χ1v) is 9.60. The van der Waals surface area contributed by atoms with Gasteiger partial charge in [0.1, 0.15) is 5.75 Å². The number of hydrogen-bond acceptors (Lipinski definition) is 2. The van der Waals surface area contributed by atoms with Crippen LogP contribution in [0.3, 0.4) is 0 Å². The van der Waals surface area contributed by atoms with Crippen LogP contribution in [0.25, 0.3) is 0 Å². The third-order valence-corrected chi connectivity index (χ3v) is 4.61. The molecular weight excluding hydrogens is 282 g/mol. The highest BCUT2D eigenvalue weighted by Crippen LogP contribution is 2.18. The monoisotopic (exact) mass is 319 g/mol. The lowest BCUT2D eigenvalue weighted by Gasteiger charge is -2.17. The molecule has 0 fully saturated rings. The molecule has 0 unspecified atom stereocenters. The van der Waals surface area contributed by atoms with E-state index in [1.54, 1.807) is 6.07 Å². The molecule has 1 N–H and O–H groups in total. The Kier molecular flexibility index (Phi) is 10.8. The second-order valence-electron chi connectivity index (χ2n) is 7.04. The lowest BCUT2D eigenvalue weighted by molar-refractivity contribution is 0.316. The maximum Gasteiger partial charge on any atom is 0.118 e. The van der Waals surface area contributed by atoms with Crippen LogP contribution in [0.15, 0.2) is 18.2 Å². The molecule has 2 heteroatoms. The third-order valence-electron chi connectivity index (χ3n) is 4.61. The molecule has 0 saturated heterocycles. The number of rotatable bonds is 13. The van der Waals surface area contributed by atoms with Crippen molar-refractivity contribution in [1.29, 1.82) is 0 Å². The first-order valence-electron chi connectivity index (χ1n) is 9.60. The van der Waals surface area contributed by atoms with E-state index in [1.165, 1.54) is 69.8 Å². The molecule has 0 aliphatic heterocycles. The van der Waals surface area contributed by atoms with Gasteiger partial charge in [-0.05, 0) is 44.1 Å². The van der Waals surface area contributed by atoms with E-state index >= 15 is 0 Å². The van der Waals surface area contributed by atoms with Crippen molar-refractivity contribution in [2.75, 3.05) is 13.6 Å². The summed E-state index contributed by atoms with van der Waals surface area (Å²) >= 11 is 0. The van der Waals surface area contributed by atoms with Gasteiger partial charge >= 0.3 is 0 Å². The molecule has 0 aliphatic rings. The number of aryl methyl sites for hydroxylation is 1. The second-order valence-corrected chi connectivity index (χ2v) is 7.04. The van der Waals surface area contributed by atoms with Gasteiger partial charge in [-0.25, -0.2) is 0 Å². The van der Waals surface area contributed by atoms with Crippen LogP contribution in [0.4, 0.5) is 0 Å². The van der Waals surface area contributed by atoms with Gasteiger partial charge in [-0.15, -0.1) is 0 Å². The minimum Gasteiger partial charge on any atom is -0.508 e. The van der Waals surface area contributed by atoms with E-state index in [1.807, 2.05) is 13.0 Å². The van der Waals surface area contributed by atoms with Crippen LogP contribution in [0.5, 0.6) is 5.75 Å². The molecule has 0 bridgehead atoms. The fourth-order valence-electron chi connectivity index (χ4n) is 3.08. The summed E-state index contributed by atoms with van der Waals surface area (Å²) in [5, 5.41) is 9.57. The fourth-order valence-corrected chi connectivity index (χ4v) is 3.08. The number of hydrogen-bond donors (Lipinski definition) is 1. The van der Waals surface area contributed by atoms with E-state index in [0.717, 1.165) is 18.7 Å². The highest BCUT2D eigenvalue weighted by molar-refractivity contribution is 5.34. The van der Waals surface area contributed by atoms with Gasteiger partial charge in [-0.2, -0.15) is 0 Å². The zero-order chi connectivity index (χ0) is 16.9. The molecular formula is C21H37NO. The van der Waals surface area contributed by atoms with E-state index < -0.39 is 0 Å². The normalized spacial score (nSPS) is 11.3. The van der Waals surface area contributed by atoms with E-state index in [0.29, 0.717) is 5.75 Å². The molecule has 132 valence electrons. The van der Waals surface area contributed by atoms with Crippen molar-refractivity contribution >= 4 is 0 Å². The second kappa shape index (κ2) is 12.4. The quantitative estimate of drug-likeness (QED) is 0.447. The third kappa shape index (κ3) is 9.65. The van der Waals surface area contributed by atoms with Crippen LogP contribution < -0.4 is 0 Å². The van der Waals surface area contributed by atoms with Crippen molar-refractivity contribution in [3.05, 3.63) is 29.3 Å². The minimum atomic E-state index is 0.395. The number of nitrogens with zero attached hydrogens (tertiary/aromatic N) is 1. The average molecular weight is 320 g/mol. The van der Waals surface area contributed by atoms with Crippen molar-refractivity contribution in [2.45, 2.75) is 84.6 Å². The van der Waals surface area contributed by atoms with Crippen molar-refractivity contribution in [2.24, 2.45) is 0 Å². The highest BCUT2D eigenvalue weighted by Gasteiger charge is 2.03. The Balaban J connectivity index is 1.99. The molecule has 0 spiro atoms. The summed E-state index contributed by atoms with van der Waals surface area (Å²) < 4.78 is 0. The molecule has 0 atom stereocenters. The van der Waals surface area contributed by atoms with Gasteiger partial charge in [-0.1, -0.05) is 76.8 Å². The maximum absolute atomic E-state index is 9.57. The molecule has 1 rings (SSSR count). The van der Waals surface area contributed by atoms with Crippen LogP contribution in [-0.4, -0.2) is 23.6 Å². The molecule has 2 nitrogen and oxygen atoms in total. The number of phenolic OH excluding ortho intramolecular Hbond substituents is 1. The Morgan fingerprint density at radius 1 is 0.870 bits per heavy atom. The molecule has 0 heterocycles. The van der Waals surface area contributed by atoms with Crippen LogP contribution in [-0.2, 0) is 6.54 Å². The number of unbranched alkanes of at least 4 members (excludes halogenated alkanes) is 9. The van der Waals surface area contributed by atoms with Crippen molar-refractivity contribution in [1.82, 2.24) is 4.90 Å². The SMILES string of the molecule is CCCCCCCCCCCCN(C)Cc1ccc(O)c(C)c1. The largest absolute Gasteiger partial charge is 0.508 e. The first kappa shape index (κ1) is 20.0. The molecule has 1 aromatic carbocycles. The predicted molar refractivity (Wildman–Crippen MR) is 101 cm³/mol. The fraction of sp³-hybridized carbons (Fsp3) is 0.714. The lowest BCUT2D eigenvalue weighted by atomic mass is 10.1. The molecule has 23 heavy (non-hydrogen) atoms. The van der Waals surface area contributed by atoms with Crippen molar-refractivity contribution in [3.63, 3.8) is 0 Å². The first-order chi connectivity index (χ1) is 11.1. The summed E-state index contributed by atoms with van der Waals surface area (Å²) in [5.74, 6) is 0.395. The Bertz CT molecular complexity index is 416. The summed E-state index contributed by atoms with van der Waals surface area (Å²) in [4.78, 5) is 2.39. The van der Waals surface area contributed by atoms with E-state index in [2.05, 4.69) is 24.9 Å². The number of aromatic hydroxyl groups is 1. The highest BCUT2D eigenvalue weighted by atomic mass is 16.3. The number of benzene rings is 1. The van der Waals surface area contributed by atoms with E-state index in [-0.39, 0.29) is 0 Å². The Morgan fingerprint density at radius 3 is 2.00 bits per heavy atom. The van der Waals surface area contributed by atoms with Crippen LogP contribution in [0.2, 0.25) is 0 Å². The standard InChI is InChI=1S/C21H37NO/c1-4-5-6-7-8-9-10-11-12-13-16-22(3)18-20-14-15-21(23)19(2)17-20/h14-15,17,23H,4-13,16,18H2,1-3H3. The predicted octanol–water partition coefficient (Wildman–Crippen LogP) is 6.05. The van der Waals surface area contributed by atoms with Gasteiger partial charge in [0.2, 0.25) is 0 Å². The van der Waals surface area contributed by atoms with Gasteiger partial charge in [0, 0.05) is 6.54 Å². The topological polar surface area (TPSA) is 23.5 Å². The smallest absolute Gasteiger partial charge is 0.118 e. The molecule has 0 saturated carbocycles. The maximum atomic E-state index is 9.57. The van der Waals surface area contributed by atoms with Gasteiger partial charge in [0.15, 0.2) is 0 Å². The van der Waals surface area contributed by atoms with Crippen molar-refractivity contribution < 1.29 is 5.11 Å². The zero-order valence-corrected chi connectivity index (χ0v) is 15.6. The minimum absolute atomic E-state index is 0.395. The summed E-state index contributed by atoms with van der Waals surface area (Å²) in [7, 11) is 2.19. The molecule has 0 aromatic heterocycles. The zero-order valence-electron chi connectivity index (χ0n) is 15.6. The van der Waals surface area contributed by atoms with Crippen LogP contribution >= 0.6 is 0 Å². The molecule has 0 amide bonds. The van der Waals surface area contributed by atoms with Gasteiger partial charge < -0.3 is 10.0 Å². The van der Waals surface area contributed by atoms with Crippen LogP contribution in [0.1, 0.15) is 82.3 Å². The Labute approximate surface area is 143 Å². The Morgan fingerprint density at radius 2 is 1.43 bits per heavy atom. The van der Waals surface area contributed by atoms with Gasteiger partial charge in [0.25, 0.3) is 0 Å². The Hall–Kier alpha value is -1.02. The van der Waals surface area contributed by atoms with E-state index in [4.69, 9.17) is 0 Å². The van der Waals surface area contributed by atoms with Gasteiger partial charge in [0.05, 0.1) is 0 Å². The number of phenols is 1. The van der Waals surface area contributed by atoms with Crippen molar-refractivity contribution in [3.8, 4) is 5.75 Å². The molecule has 0 aliphatic carbocycles. The molecule has 1 aromatic rings. The summed E-state index contributed by atoms with van der Waals surface area (Å²) in [6.07, 6.45) is 13.9. The summed E-state index contributed by atoms with van der Waals surface area (Å²) in [5.41, 5.74) is 2.25. The molecule has 0 radical (unpaired) electrons.